The fraction of sp³-hybridized carbons (Fsp3) is 0.286. The van der Waals surface area contributed by atoms with Crippen LogP contribution in [0.1, 0.15) is 11.6 Å². The van der Waals surface area contributed by atoms with Gasteiger partial charge in [0.1, 0.15) is 17.2 Å². The lowest BCUT2D eigenvalue weighted by molar-refractivity contribution is 1.07. The summed E-state index contributed by atoms with van der Waals surface area (Å²) >= 11 is 5.05. The van der Waals surface area contributed by atoms with Crippen LogP contribution in [0.2, 0.25) is 0 Å². The van der Waals surface area contributed by atoms with Crippen LogP contribution in [0.15, 0.2) is 0 Å². The number of aromatic amines is 2. The zero-order valence-electron chi connectivity index (χ0n) is 6.80. The molecule has 2 aromatic rings. The Morgan fingerprint density at radius 1 is 1.08 bits per heavy atom. The van der Waals surface area contributed by atoms with Gasteiger partial charge in [-0.05, 0) is 13.8 Å². The second-order valence-corrected chi connectivity index (χ2v) is 3.06. The molecule has 0 atom stereocenters. The minimum atomic E-state index is 0.571. The van der Waals surface area contributed by atoms with Gasteiger partial charge in [-0.3, -0.25) is 0 Å². The van der Waals surface area contributed by atoms with Crippen LogP contribution in [0, 0.1) is 18.5 Å². The SMILES string of the molecule is Cc1nc(=S)c2[nH]c(C)nc2[nH]1. The van der Waals surface area contributed by atoms with Crippen molar-refractivity contribution in [2.24, 2.45) is 0 Å². The van der Waals surface area contributed by atoms with Crippen LogP contribution in [0.5, 0.6) is 0 Å². The van der Waals surface area contributed by atoms with Crippen molar-refractivity contribution in [3.63, 3.8) is 0 Å². The first-order chi connectivity index (χ1) is 5.66. The largest absolute Gasteiger partial charge is 0.338 e. The van der Waals surface area contributed by atoms with Crippen LogP contribution >= 0.6 is 12.2 Å². The number of nitrogens with one attached hydrogen (secondary N) is 2. The molecule has 0 aliphatic heterocycles. The van der Waals surface area contributed by atoms with Gasteiger partial charge in [-0.15, -0.1) is 0 Å². The molecule has 2 N–H and O–H groups in total. The van der Waals surface area contributed by atoms with Crippen molar-refractivity contribution in [3.8, 4) is 0 Å². The van der Waals surface area contributed by atoms with Crippen molar-refractivity contribution in [3.05, 3.63) is 16.3 Å². The molecule has 0 saturated carbocycles. The van der Waals surface area contributed by atoms with Gasteiger partial charge in [0.2, 0.25) is 0 Å². The van der Waals surface area contributed by atoms with Crippen molar-refractivity contribution in [1.29, 1.82) is 0 Å². The molecule has 4 nitrogen and oxygen atoms in total. The van der Waals surface area contributed by atoms with Gasteiger partial charge in [-0.1, -0.05) is 12.2 Å². The second kappa shape index (κ2) is 2.38. The van der Waals surface area contributed by atoms with E-state index in [2.05, 4.69) is 19.9 Å². The van der Waals surface area contributed by atoms with Crippen LogP contribution < -0.4 is 0 Å². The number of hydrogen-bond acceptors (Lipinski definition) is 3. The molecule has 0 bridgehead atoms. The molecule has 0 spiro atoms. The van der Waals surface area contributed by atoms with E-state index in [1.165, 1.54) is 0 Å². The van der Waals surface area contributed by atoms with Crippen molar-refractivity contribution in [2.45, 2.75) is 13.8 Å². The molecular weight excluding hydrogens is 172 g/mol. The van der Waals surface area contributed by atoms with E-state index in [1.54, 1.807) is 0 Å². The average Bonchev–Trinajstić information content (AvgIpc) is 2.29. The minimum absolute atomic E-state index is 0.571. The fourth-order valence-corrected chi connectivity index (χ4v) is 1.43. The number of imidazole rings is 1. The summed E-state index contributed by atoms with van der Waals surface area (Å²) in [5.74, 6) is 1.64. The molecule has 0 aliphatic carbocycles. The number of aromatic nitrogens is 4. The number of fused-ring (bicyclic) bond motifs is 1. The summed E-state index contributed by atoms with van der Waals surface area (Å²) in [6, 6.07) is 0. The van der Waals surface area contributed by atoms with Gasteiger partial charge >= 0.3 is 0 Å². The maximum atomic E-state index is 5.05. The lowest BCUT2D eigenvalue weighted by Gasteiger charge is -1.91. The second-order valence-electron chi connectivity index (χ2n) is 2.67. The summed E-state index contributed by atoms with van der Waals surface area (Å²) in [7, 11) is 0. The van der Waals surface area contributed by atoms with Gasteiger partial charge in [0.05, 0.1) is 0 Å². The summed E-state index contributed by atoms with van der Waals surface area (Å²) in [5, 5.41) is 0. The van der Waals surface area contributed by atoms with Crippen molar-refractivity contribution in [1.82, 2.24) is 19.9 Å². The van der Waals surface area contributed by atoms with Crippen LogP contribution in [-0.4, -0.2) is 19.9 Å². The summed E-state index contributed by atoms with van der Waals surface area (Å²) in [4.78, 5) is 14.4. The molecule has 5 heteroatoms. The molecule has 0 aromatic carbocycles. The van der Waals surface area contributed by atoms with Gasteiger partial charge < -0.3 is 9.97 Å². The monoisotopic (exact) mass is 180 g/mol. The Labute approximate surface area is 74.1 Å². The number of aryl methyl sites for hydroxylation is 2. The molecule has 0 radical (unpaired) electrons. The zero-order chi connectivity index (χ0) is 8.72. The van der Waals surface area contributed by atoms with Gasteiger partial charge in [-0.2, -0.15) is 0 Å². The van der Waals surface area contributed by atoms with E-state index in [1.807, 2.05) is 13.8 Å². The quantitative estimate of drug-likeness (QED) is 0.606. The number of hydrogen-bond donors (Lipinski definition) is 2. The molecule has 12 heavy (non-hydrogen) atoms. The Morgan fingerprint density at radius 3 is 2.50 bits per heavy atom. The summed E-state index contributed by atoms with van der Waals surface area (Å²) in [5.41, 5.74) is 1.60. The van der Waals surface area contributed by atoms with E-state index in [0.717, 1.165) is 22.8 Å². The Morgan fingerprint density at radius 2 is 1.75 bits per heavy atom. The highest BCUT2D eigenvalue weighted by Gasteiger charge is 2.01. The topological polar surface area (TPSA) is 57.4 Å². The third-order valence-electron chi connectivity index (χ3n) is 1.60. The average molecular weight is 180 g/mol. The first-order valence-electron chi connectivity index (χ1n) is 3.60. The Balaban J connectivity index is 2.98. The summed E-state index contributed by atoms with van der Waals surface area (Å²) in [6.07, 6.45) is 0. The fourth-order valence-electron chi connectivity index (χ4n) is 1.14. The standard InChI is InChI=1S/C7H8N4S/c1-3-8-5-6(9-3)10-4(2)11-7(5)12/h1-2H3,(H2,8,9,10,11,12). The Bertz CT molecular complexity index is 482. The van der Waals surface area contributed by atoms with E-state index >= 15 is 0 Å². The highest BCUT2D eigenvalue weighted by molar-refractivity contribution is 7.71. The molecule has 62 valence electrons. The molecule has 0 unspecified atom stereocenters. The zero-order valence-corrected chi connectivity index (χ0v) is 7.62. The van der Waals surface area contributed by atoms with E-state index in [9.17, 15) is 0 Å². The third kappa shape index (κ3) is 1.02. The highest BCUT2D eigenvalue weighted by atomic mass is 32.1. The molecule has 0 fully saturated rings. The van der Waals surface area contributed by atoms with Gasteiger partial charge in [0.25, 0.3) is 0 Å². The predicted molar refractivity (Wildman–Crippen MR) is 48.5 cm³/mol. The summed E-state index contributed by atoms with van der Waals surface area (Å²) < 4.78 is 0.571. The number of H-pyrrole nitrogens is 2. The number of nitrogens with zero attached hydrogens (tertiary/aromatic N) is 2. The molecule has 0 saturated heterocycles. The van der Waals surface area contributed by atoms with Crippen molar-refractivity contribution >= 4 is 23.4 Å². The molecule has 0 amide bonds. The van der Waals surface area contributed by atoms with Gasteiger partial charge in [-0.25, -0.2) is 9.97 Å². The molecule has 2 heterocycles. The van der Waals surface area contributed by atoms with Crippen molar-refractivity contribution < 1.29 is 0 Å². The maximum Gasteiger partial charge on any atom is 0.160 e. The van der Waals surface area contributed by atoms with E-state index in [-0.39, 0.29) is 0 Å². The Kier molecular flexibility index (Phi) is 1.47. The lowest BCUT2D eigenvalue weighted by atomic mass is 10.5. The smallest absolute Gasteiger partial charge is 0.160 e. The first kappa shape index (κ1) is 7.42. The molecule has 2 aromatic heterocycles. The molecule has 2 rings (SSSR count). The van der Waals surface area contributed by atoms with Crippen LogP contribution in [0.3, 0.4) is 0 Å². The van der Waals surface area contributed by atoms with Gasteiger partial charge in [0, 0.05) is 0 Å². The predicted octanol–water partition coefficient (Wildman–Crippen LogP) is 1.63. The van der Waals surface area contributed by atoms with Crippen LogP contribution in [0.4, 0.5) is 0 Å². The molecular formula is C7H8N4S. The van der Waals surface area contributed by atoms with Crippen LogP contribution in [-0.2, 0) is 0 Å². The molecule has 0 aliphatic rings. The maximum absolute atomic E-state index is 5.05. The lowest BCUT2D eigenvalue weighted by Crippen LogP contribution is -1.88. The first-order valence-corrected chi connectivity index (χ1v) is 4.01. The van der Waals surface area contributed by atoms with E-state index in [4.69, 9.17) is 12.2 Å². The number of rotatable bonds is 0. The van der Waals surface area contributed by atoms with Crippen LogP contribution in [0.25, 0.3) is 11.2 Å². The highest BCUT2D eigenvalue weighted by Crippen LogP contribution is 2.08. The van der Waals surface area contributed by atoms with E-state index < -0.39 is 0 Å². The van der Waals surface area contributed by atoms with E-state index in [0.29, 0.717) is 4.64 Å². The Hall–Kier alpha value is -1.23. The summed E-state index contributed by atoms with van der Waals surface area (Å²) in [6.45, 7) is 3.75. The third-order valence-corrected chi connectivity index (χ3v) is 1.90. The normalized spacial score (nSPS) is 10.8. The minimum Gasteiger partial charge on any atom is -0.338 e. The van der Waals surface area contributed by atoms with Gasteiger partial charge in [0.15, 0.2) is 10.3 Å². The van der Waals surface area contributed by atoms with Crippen molar-refractivity contribution in [2.75, 3.05) is 0 Å².